The van der Waals surface area contributed by atoms with Crippen LogP contribution in [-0.2, 0) is 9.53 Å². The molecule has 0 spiro atoms. The number of nitrogens with zero attached hydrogens (tertiary/aromatic N) is 2. The minimum absolute atomic E-state index is 0.101. The summed E-state index contributed by atoms with van der Waals surface area (Å²) in [4.78, 5) is 19.8. The lowest BCUT2D eigenvalue weighted by Crippen LogP contribution is -2.37. The van der Waals surface area contributed by atoms with Crippen molar-refractivity contribution in [2.45, 2.75) is 5.16 Å². The van der Waals surface area contributed by atoms with E-state index in [9.17, 15) is 9.18 Å². The van der Waals surface area contributed by atoms with Gasteiger partial charge >= 0.3 is 5.97 Å². The Balaban J connectivity index is 1.98. The third-order valence-electron chi connectivity index (χ3n) is 3.28. The number of morpholine rings is 1. The van der Waals surface area contributed by atoms with Gasteiger partial charge in [-0.2, -0.15) is 0 Å². The first-order valence-corrected chi connectivity index (χ1v) is 8.39. The van der Waals surface area contributed by atoms with Crippen molar-refractivity contribution < 1.29 is 19.0 Å². The number of hydrogen-bond acceptors (Lipinski definition) is 5. The quantitative estimate of drug-likeness (QED) is 0.782. The lowest BCUT2D eigenvalue weighted by molar-refractivity contribution is -0.133. The van der Waals surface area contributed by atoms with Gasteiger partial charge in [-0.1, -0.05) is 11.8 Å². The first-order chi connectivity index (χ1) is 10.6. The molecule has 22 heavy (non-hydrogen) atoms. The zero-order chi connectivity index (χ0) is 15.7. The summed E-state index contributed by atoms with van der Waals surface area (Å²) in [7, 11) is 0. The first-order valence-electron chi connectivity index (χ1n) is 6.61. The molecule has 2 aromatic rings. The standard InChI is InChI=1S/C13H13BrFN3O3S/c14-10-11-8(16-13(17-11)22-6-9(19)20)5-7(15)12(10)18-1-3-21-4-2-18/h5H,1-4,6H2,(H,16,17)(H,19,20). The van der Waals surface area contributed by atoms with Crippen LogP contribution < -0.4 is 4.90 Å². The molecule has 0 radical (unpaired) electrons. The molecule has 0 bridgehead atoms. The highest BCUT2D eigenvalue weighted by Gasteiger charge is 2.22. The molecule has 1 aliphatic rings. The van der Waals surface area contributed by atoms with E-state index in [1.54, 1.807) is 0 Å². The fourth-order valence-corrected chi connectivity index (χ4v) is 3.66. The summed E-state index contributed by atoms with van der Waals surface area (Å²) in [6.07, 6.45) is 0. The van der Waals surface area contributed by atoms with Crippen LogP contribution in [0.4, 0.5) is 10.1 Å². The van der Waals surface area contributed by atoms with Crippen LogP contribution in [-0.4, -0.2) is 53.1 Å². The molecule has 1 aromatic heterocycles. The van der Waals surface area contributed by atoms with Gasteiger partial charge < -0.3 is 19.7 Å². The van der Waals surface area contributed by atoms with E-state index in [0.717, 1.165) is 11.8 Å². The normalized spacial score (nSPS) is 15.5. The van der Waals surface area contributed by atoms with Gasteiger partial charge in [-0.25, -0.2) is 9.37 Å². The van der Waals surface area contributed by atoms with Crippen molar-refractivity contribution in [3.05, 3.63) is 16.4 Å². The van der Waals surface area contributed by atoms with E-state index >= 15 is 0 Å². The second-order valence-electron chi connectivity index (χ2n) is 4.74. The van der Waals surface area contributed by atoms with Crippen LogP contribution in [0.5, 0.6) is 0 Å². The molecule has 0 amide bonds. The molecular weight excluding hydrogens is 377 g/mol. The van der Waals surface area contributed by atoms with Crippen molar-refractivity contribution >= 4 is 50.4 Å². The highest BCUT2D eigenvalue weighted by Crippen LogP contribution is 2.36. The van der Waals surface area contributed by atoms with Gasteiger partial charge in [0.15, 0.2) is 5.16 Å². The van der Waals surface area contributed by atoms with Gasteiger partial charge in [-0.05, 0) is 15.9 Å². The lowest BCUT2D eigenvalue weighted by Gasteiger charge is -2.29. The molecular formula is C13H13BrFN3O3S. The molecule has 6 nitrogen and oxygen atoms in total. The van der Waals surface area contributed by atoms with Crippen LogP contribution in [0.1, 0.15) is 0 Å². The topological polar surface area (TPSA) is 78.4 Å². The van der Waals surface area contributed by atoms with Crippen molar-refractivity contribution in [2.75, 3.05) is 37.0 Å². The molecule has 0 unspecified atom stereocenters. The van der Waals surface area contributed by atoms with Crippen molar-refractivity contribution in [3.8, 4) is 0 Å². The van der Waals surface area contributed by atoms with Gasteiger partial charge in [-0.3, -0.25) is 4.79 Å². The van der Waals surface area contributed by atoms with E-state index in [2.05, 4.69) is 25.9 Å². The van der Waals surface area contributed by atoms with E-state index in [4.69, 9.17) is 9.84 Å². The Morgan fingerprint density at radius 2 is 2.27 bits per heavy atom. The van der Waals surface area contributed by atoms with E-state index in [-0.39, 0.29) is 11.6 Å². The average molecular weight is 390 g/mol. The Morgan fingerprint density at radius 3 is 2.95 bits per heavy atom. The van der Waals surface area contributed by atoms with E-state index in [1.807, 2.05) is 4.90 Å². The van der Waals surface area contributed by atoms with E-state index < -0.39 is 5.97 Å². The maximum atomic E-state index is 14.4. The highest BCUT2D eigenvalue weighted by molar-refractivity contribution is 9.10. The Bertz CT molecular complexity index is 718. The maximum absolute atomic E-state index is 14.4. The lowest BCUT2D eigenvalue weighted by atomic mass is 10.2. The number of anilines is 1. The van der Waals surface area contributed by atoms with Gasteiger partial charge in [0.2, 0.25) is 0 Å². The second kappa shape index (κ2) is 6.43. The van der Waals surface area contributed by atoms with Gasteiger partial charge in [0, 0.05) is 19.2 Å². The number of benzene rings is 1. The van der Waals surface area contributed by atoms with Gasteiger partial charge in [0.05, 0.1) is 34.6 Å². The van der Waals surface area contributed by atoms with Gasteiger partial charge in [0.1, 0.15) is 11.3 Å². The summed E-state index contributed by atoms with van der Waals surface area (Å²) in [5, 5.41) is 9.17. The van der Waals surface area contributed by atoms with Crippen LogP contribution in [0, 0.1) is 5.82 Å². The molecule has 1 fully saturated rings. The number of thioether (sulfide) groups is 1. The second-order valence-corrected chi connectivity index (χ2v) is 6.50. The number of H-pyrrole nitrogens is 1. The summed E-state index contributed by atoms with van der Waals surface area (Å²) in [6, 6.07) is 1.39. The van der Waals surface area contributed by atoms with Crippen LogP contribution in [0.2, 0.25) is 0 Å². The molecule has 0 aliphatic carbocycles. The number of fused-ring (bicyclic) bond motifs is 1. The molecule has 9 heteroatoms. The van der Waals surface area contributed by atoms with Crippen molar-refractivity contribution in [1.29, 1.82) is 0 Å². The Labute approximate surface area is 138 Å². The molecule has 3 rings (SSSR count). The van der Waals surface area contributed by atoms with E-state index in [1.165, 1.54) is 6.07 Å². The molecule has 2 N–H and O–H groups in total. The number of carbonyl (C=O) groups is 1. The largest absolute Gasteiger partial charge is 0.481 e. The summed E-state index contributed by atoms with van der Waals surface area (Å²) in [5.74, 6) is -1.37. The number of rotatable bonds is 4. The third kappa shape index (κ3) is 3.06. The van der Waals surface area contributed by atoms with Crippen molar-refractivity contribution in [2.24, 2.45) is 0 Å². The zero-order valence-corrected chi connectivity index (χ0v) is 13.8. The first kappa shape index (κ1) is 15.6. The monoisotopic (exact) mass is 389 g/mol. The minimum Gasteiger partial charge on any atom is -0.481 e. The molecule has 0 atom stereocenters. The summed E-state index contributed by atoms with van der Waals surface area (Å²) in [6.45, 7) is 2.35. The number of ether oxygens (including phenoxy) is 1. The molecule has 118 valence electrons. The SMILES string of the molecule is O=C(O)CSc1nc2c(Br)c(N3CCOCC3)c(F)cc2[nH]1. The Hall–Kier alpha value is -1.32. The number of aromatic nitrogens is 2. The minimum atomic E-state index is -0.926. The highest BCUT2D eigenvalue weighted by atomic mass is 79.9. The zero-order valence-electron chi connectivity index (χ0n) is 11.4. The maximum Gasteiger partial charge on any atom is 0.313 e. The number of carboxylic acids is 1. The number of hydrogen-bond donors (Lipinski definition) is 2. The number of nitrogens with one attached hydrogen (secondary N) is 1. The summed E-state index contributed by atoms with van der Waals surface area (Å²) >= 11 is 4.50. The number of aromatic amines is 1. The molecule has 1 aliphatic heterocycles. The number of aliphatic carboxylic acids is 1. The molecule has 1 aromatic carbocycles. The summed E-state index contributed by atoms with van der Waals surface area (Å²) < 4.78 is 20.3. The summed E-state index contributed by atoms with van der Waals surface area (Å²) in [5.41, 5.74) is 1.60. The van der Waals surface area contributed by atoms with Crippen LogP contribution in [0.15, 0.2) is 15.7 Å². The van der Waals surface area contributed by atoms with Gasteiger partial charge in [-0.15, -0.1) is 0 Å². The van der Waals surface area contributed by atoms with Crippen molar-refractivity contribution in [1.82, 2.24) is 9.97 Å². The van der Waals surface area contributed by atoms with E-state index in [0.29, 0.717) is 52.7 Å². The number of halogens is 2. The predicted octanol–water partition coefficient (Wildman–Crippen LogP) is 2.48. The smallest absolute Gasteiger partial charge is 0.313 e. The average Bonchev–Trinajstić information content (AvgIpc) is 2.89. The van der Waals surface area contributed by atoms with Gasteiger partial charge in [0.25, 0.3) is 0 Å². The van der Waals surface area contributed by atoms with Crippen LogP contribution in [0.3, 0.4) is 0 Å². The fraction of sp³-hybridized carbons (Fsp3) is 0.385. The van der Waals surface area contributed by atoms with Crippen LogP contribution in [0.25, 0.3) is 11.0 Å². The Kier molecular flexibility index (Phi) is 4.55. The van der Waals surface area contributed by atoms with Crippen molar-refractivity contribution in [3.63, 3.8) is 0 Å². The molecule has 2 heterocycles. The fourth-order valence-electron chi connectivity index (χ4n) is 2.32. The van der Waals surface area contributed by atoms with Crippen LogP contribution >= 0.6 is 27.7 Å². The number of carboxylic acid groups (broad SMARTS) is 1. The number of imidazole rings is 1. The predicted molar refractivity (Wildman–Crippen MR) is 85.1 cm³/mol. The Morgan fingerprint density at radius 1 is 1.55 bits per heavy atom. The third-order valence-corrected chi connectivity index (χ3v) is 4.89. The molecule has 1 saturated heterocycles. The molecule has 0 saturated carbocycles.